The summed E-state index contributed by atoms with van der Waals surface area (Å²) in [5.74, 6) is -2.74. The molecule has 2 aromatic rings. The van der Waals surface area contributed by atoms with Crippen molar-refractivity contribution in [3.8, 4) is 11.8 Å². The number of aromatic carboxylic acids is 1. The van der Waals surface area contributed by atoms with Crippen molar-refractivity contribution in [2.45, 2.75) is 6.61 Å². The number of halogens is 2. The van der Waals surface area contributed by atoms with Crippen LogP contribution in [0, 0.1) is 23.0 Å². The van der Waals surface area contributed by atoms with Gasteiger partial charge in [-0.3, -0.25) is 0 Å². The van der Waals surface area contributed by atoms with Crippen molar-refractivity contribution in [2.75, 3.05) is 0 Å². The van der Waals surface area contributed by atoms with Gasteiger partial charge < -0.3 is 9.84 Å². The summed E-state index contributed by atoms with van der Waals surface area (Å²) >= 11 is 0. The Morgan fingerprint density at radius 3 is 2.52 bits per heavy atom. The Kier molecular flexibility index (Phi) is 4.14. The van der Waals surface area contributed by atoms with Gasteiger partial charge >= 0.3 is 5.97 Å². The number of carboxylic acids is 1. The highest BCUT2D eigenvalue weighted by atomic mass is 19.1. The molecule has 0 aliphatic heterocycles. The monoisotopic (exact) mass is 289 g/mol. The largest absolute Gasteiger partial charge is 0.489 e. The van der Waals surface area contributed by atoms with Crippen molar-refractivity contribution in [3.63, 3.8) is 0 Å². The average Bonchev–Trinajstić information content (AvgIpc) is 2.45. The van der Waals surface area contributed by atoms with Gasteiger partial charge in [-0.05, 0) is 29.8 Å². The number of carbonyl (C=O) groups is 1. The van der Waals surface area contributed by atoms with E-state index in [2.05, 4.69) is 0 Å². The molecule has 106 valence electrons. The van der Waals surface area contributed by atoms with Crippen LogP contribution in [0.15, 0.2) is 36.4 Å². The van der Waals surface area contributed by atoms with Crippen LogP contribution in [0.4, 0.5) is 8.78 Å². The number of rotatable bonds is 4. The van der Waals surface area contributed by atoms with Crippen molar-refractivity contribution in [1.29, 1.82) is 5.26 Å². The molecule has 4 nitrogen and oxygen atoms in total. The van der Waals surface area contributed by atoms with Crippen LogP contribution in [-0.2, 0) is 6.61 Å². The van der Waals surface area contributed by atoms with E-state index in [-0.39, 0.29) is 17.9 Å². The average molecular weight is 289 g/mol. The van der Waals surface area contributed by atoms with E-state index < -0.39 is 23.2 Å². The van der Waals surface area contributed by atoms with Crippen LogP contribution in [0.3, 0.4) is 0 Å². The van der Waals surface area contributed by atoms with Crippen molar-refractivity contribution in [3.05, 3.63) is 64.7 Å². The second-order valence-corrected chi connectivity index (χ2v) is 4.16. The third-order valence-electron chi connectivity index (χ3n) is 2.73. The first-order valence-electron chi connectivity index (χ1n) is 5.85. The molecule has 0 atom stereocenters. The van der Waals surface area contributed by atoms with Gasteiger partial charge in [-0.2, -0.15) is 5.26 Å². The van der Waals surface area contributed by atoms with Gasteiger partial charge in [0, 0.05) is 6.07 Å². The number of hydrogen-bond acceptors (Lipinski definition) is 3. The Morgan fingerprint density at radius 1 is 1.19 bits per heavy atom. The number of nitriles is 1. The molecule has 2 rings (SSSR count). The van der Waals surface area contributed by atoms with Gasteiger partial charge in [0.2, 0.25) is 0 Å². The van der Waals surface area contributed by atoms with Crippen LogP contribution in [0.1, 0.15) is 21.5 Å². The minimum Gasteiger partial charge on any atom is -0.489 e. The summed E-state index contributed by atoms with van der Waals surface area (Å²) in [5.41, 5.74) is -0.121. The number of hydrogen-bond donors (Lipinski definition) is 1. The molecule has 21 heavy (non-hydrogen) atoms. The van der Waals surface area contributed by atoms with Crippen molar-refractivity contribution >= 4 is 5.97 Å². The minimum atomic E-state index is -1.35. The summed E-state index contributed by atoms with van der Waals surface area (Å²) in [4.78, 5) is 10.7. The maximum Gasteiger partial charge on any atom is 0.338 e. The van der Waals surface area contributed by atoms with Gasteiger partial charge in [0.1, 0.15) is 30.1 Å². The predicted octanol–water partition coefficient (Wildman–Crippen LogP) is 3.11. The van der Waals surface area contributed by atoms with Crippen molar-refractivity contribution in [1.82, 2.24) is 0 Å². The Labute approximate surface area is 118 Å². The Hall–Kier alpha value is -2.94. The van der Waals surface area contributed by atoms with Crippen LogP contribution in [0.25, 0.3) is 0 Å². The van der Waals surface area contributed by atoms with Crippen molar-refractivity contribution in [2.24, 2.45) is 0 Å². The van der Waals surface area contributed by atoms with Crippen LogP contribution in [-0.4, -0.2) is 11.1 Å². The molecule has 0 aliphatic rings. The molecule has 0 spiro atoms. The van der Waals surface area contributed by atoms with Gasteiger partial charge in [0.15, 0.2) is 0 Å². The van der Waals surface area contributed by atoms with Gasteiger partial charge in [-0.15, -0.1) is 0 Å². The molecular weight excluding hydrogens is 280 g/mol. The molecule has 0 amide bonds. The third kappa shape index (κ3) is 3.34. The van der Waals surface area contributed by atoms with E-state index in [1.54, 1.807) is 6.07 Å². The molecule has 0 unspecified atom stereocenters. The quantitative estimate of drug-likeness (QED) is 0.938. The normalized spacial score (nSPS) is 9.95. The Balaban J connectivity index is 2.10. The number of nitrogens with zero attached hydrogens (tertiary/aromatic N) is 1. The zero-order valence-electron chi connectivity index (χ0n) is 10.6. The van der Waals surface area contributed by atoms with Crippen LogP contribution in [0.5, 0.6) is 5.75 Å². The van der Waals surface area contributed by atoms with E-state index in [0.29, 0.717) is 5.56 Å². The third-order valence-corrected chi connectivity index (χ3v) is 2.73. The molecule has 0 saturated carbocycles. The lowest BCUT2D eigenvalue weighted by Gasteiger charge is -2.07. The highest BCUT2D eigenvalue weighted by Gasteiger charge is 2.11. The topological polar surface area (TPSA) is 70.3 Å². The standard InChI is InChI=1S/C15H9F2NO3/c16-13-6-11(3-2-10(13)7-18)21-8-9-1-4-12(15(19)20)14(17)5-9/h1-6H,8H2,(H,19,20). The van der Waals surface area contributed by atoms with E-state index in [4.69, 9.17) is 15.1 Å². The Morgan fingerprint density at radius 2 is 1.95 bits per heavy atom. The lowest BCUT2D eigenvalue weighted by molar-refractivity contribution is 0.0692. The van der Waals surface area contributed by atoms with E-state index in [0.717, 1.165) is 18.2 Å². The fourth-order valence-electron chi connectivity index (χ4n) is 1.66. The van der Waals surface area contributed by atoms with Gasteiger partial charge in [-0.25, -0.2) is 13.6 Å². The molecule has 2 aromatic carbocycles. The molecule has 0 bridgehead atoms. The molecular formula is C15H9F2NO3. The van der Waals surface area contributed by atoms with Crippen LogP contribution in [0.2, 0.25) is 0 Å². The minimum absolute atomic E-state index is 0.0534. The van der Waals surface area contributed by atoms with E-state index in [9.17, 15) is 13.6 Å². The summed E-state index contributed by atoms with van der Waals surface area (Å²) in [5, 5.41) is 17.3. The maximum atomic E-state index is 13.5. The van der Waals surface area contributed by atoms with Gasteiger partial charge in [0.05, 0.1) is 11.1 Å². The number of ether oxygens (including phenoxy) is 1. The zero-order chi connectivity index (χ0) is 15.4. The van der Waals surface area contributed by atoms with Gasteiger partial charge in [0.25, 0.3) is 0 Å². The molecule has 0 heterocycles. The lowest BCUT2D eigenvalue weighted by atomic mass is 10.1. The maximum absolute atomic E-state index is 13.5. The summed E-state index contributed by atoms with van der Waals surface area (Å²) in [6, 6.07) is 9.03. The summed E-state index contributed by atoms with van der Waals surface area (Å²) < 4.78 is 32.1. The molecule has 1 N–H and O–H groups in total. The van der Waals surface area contributed by atoms with E-state index >= 15 is 0 Å². The SMILES string of the molecule is N#Cc1ccc(OCc2ccc(C(=O)O)c(F)c2)cc1F. The summed E-state index contributed by atoms with van der Waals surface area (Å²) in [6.07, 6.45) is 0. The molecule has 0 radical (unpaired) electrons. The highest BCUT2D eigenvalue weighted by molar-refractivity contribution is 5.87. The smallest absolute Gasteiger partial charge is 0.338 e. The second-order valence-electron chi connectivity index (χ2n) is 4.16. The van der Waals surface area contributed by atoms with E-state index in [1.165, 1.54) is 18.2 Å². The summed E-state index contributed by atoms with van der Waals surface area (Å²) in [6.45, 7) is -0.0534. The fourth-order valence-corrected chi connectivity index (χ4v) is 1.66. The molecule has 0 aliphatic carbocycles. The molecule has 0 saturated heterocycles. The zero-order valence-corrected chi connectivity index (χ0v) is 10.6. The Bertz CT molecular complexity index is 738. The molecule has 6 heteroatoms. The molecule has 0 fully saturated rings. The number of carboxylic acid groups (broad SMARTS) is 1. The highest BCUT2D eigenvalue weighted by Crippen LogP contribution is 2.18. The van der Waals surface area contributed by atoms with Gasteiger partial charge in [-0.1, -0.05) is 6.07 Å². The summed E-state index contributed by atoms with van der Waals surface area (Å²) in [7, 11) is 0. The number of benzene rings is 2. The lowest BCUT2D eigenvalue weighted by Crippen LogP contribution is -2.03. The van der Waals surface area contributed by atoms with E-state index in [1.807, 2.05) is 0 Å². The second kappa shape index (κ2) is 6.01. The molecule has 0 aromatic heterocycles. The predicted molar refractivity (Wildman–Crippen MR) is 68.8 cm³/mol. The van der Waals surface area contributed by atoms with Crippen molar-refractivity contribution < 1.29 is 23.4 Å². The van der Waals surface area contributed by atoms with Crippen LogP contribution >= 0.6 is 0 Å². The first-order valence-corrected chi connectivity index (χ1v) is 5.85. The fraction of sp³-hybridized carbons (Fsp3) is 0.0667. The first-order chi connectivity index (χ1) is 10.0. The van der Waals surface area contributed by atoms with Crippen LogP contribution < -0.4 is 4.74 Å². The first kappa shape index (κ1) is 14.5.